The lowest BCUT2D eigenvalue weighted by Crippen LogP contribution is -2.72. The summed E-state index contributed by atoms with van der Waals surface area (Å²) < 4.78 is 0. The van der Waals surface area contributed by atoms with Gasteiger partial charge in [0.2, 0.25) is 6.41 Å². The summed E-state index contributed by atoms with van der Waals surface area (Å²) in [7, 11) is 0. The Morgan fingerprint density at radius 1 is 0.964 bits per heavy atom. The van der Waals surface area contributed by atoms with Gasteiger partial charge in [0.25, 0.3) is 0 Å². The maximum absolute atomic E-state index is 11.6. The van der Waals surface area contributed by atoms with Crippen LogP contribution in [0.3, 0.4) is 0 Å². The van der Waals surface area contributed by atoms with E-state index in [1.165, 1.54) is 17.7 Å². The second kappa shape index (κ2) is 8.71. The third-order valence-corrected chi connectivity index (χ3v) is 6.06. The van der Waals surface area contributed by atoms with Gasteiger partial charge in [0.1, 0.15) is 0 Å². The number of nitrogens with one attached hydrogen (secondary N) is 1. The fourth-order valence-corrected chi connectivity index (χ4v) is 4.63. The van der Waals surface area contributed by atoms with Crippen LogP contribution in [0.2, 0.25) is 0 Å². The molecule has 0 radical (unpaired) electrons. The minimum absolute atomic E-state index is 0.389. The van der Waals surface area contributed by atoms with Crippen LogP contribution in [0.25, 0.3) is 0 Å². The van der Waals surface area contributed by atoms with Crippen LogP contribution in [-0.4, -0.2) is 59.7 Å². The number of pyridine rings is 1. The molecular weight excluding hydrogens is 350 g/mol. The monoisotopic (exact) mass is 379 g/mol. The third-order valence-electron chi connectivity index (χ3n) is 6.06. The van der Waals surface area contributed by atoms with E-state index in [4.69, 9.17) is 0 Å². The second-order valence-corrected chi connectivity index (χ2v) is 7.62. The molecular formula is C22H29N5O. The Labute approximate surface area is 167 Å². The van der Waals surface area contributed by atoms with E-state index in [0.717, 1.165) is 58.5 Å². The van der Waals surface area contributed by atoms with Crippen molar-refractivity contribution in [2.75, 3.05) is 37.6 Å². The molecule has 3 heterocycles. The zero-order valence-electron chi connectivity index (χ0n) is 16.3. The van der Waals surface area contributed by atoms with Gasteiger partial charge in [-0.2, -0.15) is 0 Å². The number of benzene rings is 1. The number of likely N-dealkylation sites (tertiary alicyclic amines) is 1. The highest BCUT2D eigenvalue weighted by Gasteiger charge is 2.44. The van der Waals surface area contributed by atoms with E-state index in [-0.39, 0.29) is 5.79 Å². The van der Waals surface area contributed by atoms with Crippen molar-refractivity contribution in [3.63, 3.8) is 0 Å². The molecule has 2 aromatic rings. The average molecular weight is 380 g/mol. The number of aromatic nitrogens is 1. The number of piperazine rings is 1. The van der Waals surface area contributed by atoms with E-state index in [1.807, 2.05) is 12.4 Å². The summed E-state index contributed by atoms with van der Waals surface area (Å²) in [4.78, 5) is 23.1. The molecule has 2 aliphatic heterocycles. The lowest BCUT2D eigenvalue weighted by atomic mass is 9.98. The molecule has 6 nitrogen and oxygen atoms in total. The van der Waals surface area contributed by atoms with Crippen molar-refractivity contribution in [2.45, 2.75) is 31.6 Å². The number of anilines is 1. The fraction of sp³-hybridized carbons (Fsp3) is 0.455. The lowest BCUT2D eigenvalue weighted by Gasteiger charge is -2.55. The number of nitrogens with zero attached hydrogens (tertiary/aromatic N) is 4. The van der Waals surface area contributed by atoms with E-state index >= 15 is 0 Å². The smallest absolute Gasteiger partial charge is 0.209 e. The molecule has 1 amide bonds. The number of piperidine rings is 1. The number of carbonyl (C=O) groups excluding carboxylic acids is 1. The summed E-state index contributed by atoms with van der Waals surface area (Å²) in [6.45, 7) is 5.60. The van der Waals surface area contributed by atoms with Crippen molar-refractivity contribution in [1.29, 1.82) is 0 Å². The molecule has 0 spiro atoms. The van der Waals surface area contributed by atoms with Crippen LogP contribution < -0.4 is 10.2 Å². The molecule has 1 N–H and O–H groups in total. The van der Waals surface area contributed by atoms with Gasteiger partial charge < -0.3 is 10.2 Å². The molecule has 1 aromatic heterocycles. The van der Waals surface area contributed by atoms with Crippen molar-refractivity contribution in [2.24, 2.45) is 0 Å². The van der Waals surface area contributed by atoms with Crippen molar-refractivity contribution in [3.8, 4) is 0 Å². The van der Waals surface area contributed by atoms with E-state index in [1.54, 1.807) is 0 Å². The van der Waals surface area contributed by atoms with Gasteiger partial charge in [-0.3, -0.25) is 19.6 Å². The third kappa shape index (κ3) is 3.88. The minimum Gasteiger partial charge on any atom is -0.369 e. The molecule has 1 unspecified atom stereocenters. The zero-order valence-corrected chi connectivity index (χ0v) is 16.3. The van der Waals surface area contributed by atoms with Crippen LogP contribution in [0.4, 0.5) is 5.69 Å². The van der Waals surface area contributed by atoms with Gasteiger partial charge in [0.15, 0.2) is 5.79 Å². The van der Waals surface area contributed by atoms with E-state index in [9.17, 15) is 4.79 Å². The predicted octanol–water partition coefficient (Wildman–Crippen LogP) is 2.29. The first kappa shape index (κ1) is 18.9. The van der Waals surface area contributed by atoms with Gasteiger partial charge >= 0.3 is 0 Å². The molecule has 2 fully saturated rings. The molecule has 4 rings (SSSR count). The standard InChI is InChI=1S/C22H29N5O/c28-19-24-22(10-4-5-13-27(22)18-20-6-2-1-3-7-20)26-16-14-25(15-17-26)21-8-11-23-12-9-21/h1-3,6-9,11-12,19H,4-5,10,13-18H2,(H,24,28). The van der Waals surface area contributed by atoms with Crippen molar-refractivity contribution < 1.29 is 4.79 Å². The first-order valence-electron chi connectivity index (χ1n) is 10.2. The Hall–Kier alpha value is -2.44. The minimum atomic E-state index is -0.389. The van der Waals surface area contributed by atoms with Crippen molar-refractivity contribution in [3.05, 3.63) is 60.4 Å². The number of rotatable bonds is 6. The van der Waals surface area contributed by atoms with Crippen molar-refractivity contribution >= 4 is 12.1 Å². The number of hydrogen-bond acceptors (Lipinski definition) is 5. The summed E-state index contributed by atoms with van der Waals surface area (Å²) in [5.74, 6) is -0.389. The second-order valence-electron chi connectivity index (χ2n) is 7.62. The first-order chi connectivity index (χ1) is 13.8. The van der Waals surface area contributed by atoms with Gasteiger partial charge in [0.05, 0.1) is 0 Å². The Morgan fingerprint density at radius 2 is 1.71 bits per heavy atom. The SMILES string of the molecule is O=CNC1(N2CCN(c3ccncc3)CC2)CCCCN1Cc1ccccc1. The quantitative estimate of drug-likeness (QED) is 0.781. The molecule has 6 heteroatoms. The van der Waals surface area contributed by atoms with Crippen LogP contribution in [-0.2, 0) is 11.3 Å². The largest absolute Gasteiger partial charge is 0.369 e. The number of carbonyl (C=O) groups is 1. The summed E-state index contributed by atoms with van der Waals surface area (Å²) in [5, 5.41) is 3.24. The molecule has 0 aliphatic carbocycles. The van der Waals surface area contributed by atoms with E-state index < -0.39 is 0 Å². The first-order valence-corrected chi connectivity index (χ1v) is 10.2. The van der Waals surface area contributed by atoms with E-state index in [0.29, 0.717) is 0 Å². The average Bonchev–Trinajstić information content (AvgIpc) is 2.77. The fourth-order valence-electron chi connectivity index (χ4n) is 4.63. The highest BCUT2D eigenvalue weighted by Crippen LogP contribution is 2.32. The maximum Gasteiger partial charge on any atom is 0.209 e. The molecule has 2 saturated heterocycles. The number of hydrogen-bond donors (Lipinski definition) is 1. The zero-order chi connectivity index (χ0) is 19.2. The van der Waals surface area contributed by atoms with Gasteiger partial charge in [-0.05, 0) is 37.0 Å². The lowest BCUT2D eigenvalue weighted by molar-refractivity contribution is -0.137. The molecule has 1 atom stereocenters. The molecule has 2 aliphatic rings. The normalized spacial score (nSPS) is 24.1. The topological polar surface area (TPSA) is 51.7 Å². The van der Waals surface area contributed by atoms with Gasteiger partial charge in [-0.1, -0.05) is 30.3 Å². The van der Waals surface area contributed by atoms with E-state index in [2.05, 4.69) is 67.5 Å². The summed E-state index contributed by atoms with van der Waals surface area (Å²) in [6, 6.07) is 14.7. The summed E-state index contributed by atoms with van der Waals surface area (Å²) in [5.41, 5.74) is 2.51. The number of amides is 1. The summed E-state index contributed by atoms with van der Waals surface area (Å²) in [6.07, 6.45) is 7.86. The highest BCUT2D eigenvalue weighted by molar-refractivity contribution is 5.48. The van der Waals surface area contributed by atoms with Gasteiger partial charge in [-0.15, -0.1) is 0 Å². The Bertz CT molecular complexity index is 748. The van der Waals surface area contributed by atoms with Crippen molar-refractivity contribution in [1.82, 2.24) is 20.1 Å². The van der Waals surface area contributed by atoms with Gasteiger partial charge in [0, 0.05) is 57.3 Å². The Balaban J connectivity index is 1.51. The molecule has 1 aromatic carbocycles. The van der Waals surface area contributed by atoms with Crippen LogP contribution in [0.1, 0.15) is 24.8 Å². The molecule has 0 bridgehead atoms. The molecule has 0 saturated carbocycles. The van der Waals surface area contributed by atoms with Crippen LogP contribution >= 0.6 is 0 Å². The Morgan fingerprint density at radius 3 is 2.43 bits per heavy atom. The highest BCUT2D eigenvalue weighted by atomic mass is 16.1. The molecule has 28 heavy (non-hydrogen) atoms. The van der Waals surface area contributed by atoms with Crippen LogP contribution in [0.5, 0.6) is 0 Å². The maximum atomic E-state index is 11.6. The van der Waals surface area contributed by atoms with Crippen LogP contribution in [0.15, 0.2) is 54.9 Å². The summed E-state index contributed by atoms with van der Waals surface area (Å²) >= 11 is 0. The Kier molecular flexibility index (Phi) is 5.88. The molecule has 148 valence electrons. The van der Waals surface area contributed by atoms with Crippen LogP contribution in [0, 0.1) is 0 Å². The predicted molar refractivity (Wildman–Crippen MR) is 111 cm³/mol. The van der Waals surface area contributed by atoms with Gasteiger partial charge in [-0.25, -0.2) is 0 Å².